The Labute approximate surface area is 120 Å². The Bertz CT molecular complexity index is 600. The second-order valence-corrected chi connectivity index (χ2v) is 6.17. The Morgan fingerprint density at radius 2 is 2.10 bits per heavy atom. The van der Waals surface area contributed by atoms with Gasteiger partial charge in [0.05, 0.1) is 0 Å². The smallest absolute Gasteiger partial charge is 0.138 e. The summed E-state index contributed by atoms with van der Waals surface area (Å²) >= 11 is 0. The highest BCUT2D eigenvalue weighted by Gasteiger charge is 2.28. The lowest BCUT2D eigenvalue weighted by Crippen LogP contribution is -2.39. The number of aryl methyl sites for hydroxylation is 1. The summed E-state index contributed by atoms with van der Waals surface area (Å²) in [6.45, 7) is 8.19. The van der Waals surface area contributed by atoms with Gasteiger partial charge in [-0.05, 0) is 32.8 Å². The number of furan rings is 1. The van der Waals surface area contributed by atoms with Crippen molar-refractivity contribution >= 4 is 11.0 Å². The Hall–Kier alpha value is -1.32. The number of hydrogen-bond donors (Lipinski definition) is 1. The van der Waals surface area contributed by atoms with Gasteiger partial charge in [0, 0.05) is 29.6 Å². The van der Waals surface area contributed by atoms with Crippen molar-refractivity contribution in [2.75, 3.05) is 13.2 Å². The van der Waals surface area contributed by atoms with Gasteiger partial charge in [0.2, 0.25) is 0 Å². The maximum absolute atomic E-state index is 6.09. The predicted octanol–water partition coefficient (Wildman–Crippen LogP) is 3.82. The number of rotatable bonds is 2. The van der Waals surface area contributed by atoms with Crippen molar-refractivity contribution < 1.29 is 9.15 Å². The van der Waals surface area contributed by atoms with Crippen molar-refractivity contribution in [2.24, 2.45) is 0 Å². The molecule has 1 N–H and O–H groups in total. The zero-order valence-electron chi connectivity index (χ0n) is 12.5. The third kappa shape index (κ3) is 2.48. The molecule has 0 amide bonds. The van der Waals surface area contributed by atoms with Crippen molar-refractivity contribution in [1.82, 2.24) is 5.32 Å². The van der Waals surface area contributed by atoms with Gasteiger partial charge in [0.25, 0.3) is 0 Å². The first kappa shape index (κ1) is 13.7. The number of hydrogen-bond acceptors (Lipinski definition) is 3. The van der Waals surface area contributed by atoms with E-state index in [2.05, 4.69) is 38.2 Å². The van der Waals surface area contributed by atoms with Crippen molar-refractivity contribution in [2.45, 2.75) is 45.3 Å². The lowest BCUT2D eigenvalue weighted by molar-refractivity contribution is 0.0508. The van der Waals surface area contributed by atoms with Gasteiger partial charge in [-0.1, -0.05) is 25.1 Å². The first-order valence-corrected chi connectivity index (χ1v) is 7.47. The summed E-state index contributed by atoms with van der Waals surface area (Å²) < 4.78 is 12.1. The van der Waals surface area contributed by atoms with E-state index in [-0.39, 0.29) is 11.6 Å². The van der Waals surface area contributed by atoms with Crippen LogP contribution < -0.4 is 5.32 Å². The summed E-state index contributed by atoms with van der Waals surface area (Å²) in [6.07, 6.45) is 2.00. The molecule has 1 atom stereocenters. The van der Waals surface area contributed by atoms with Crippen molar-refractivity contribution in [3.8, 4) is 0 Å². The van der Waals surface area contributed by atoms with Crippen LogP contribution in [0.25, 0.3) is 11.0 Å². The quantitative estimate of drug-likeness (QED) is 0.903. The van der Waals surface area contributed by atoms with E-state index in [9.17, 15) is 0 Å². The average molecular weight is 273 g/mol. The fourth-order valence-corrected chi connectivity index (χ4v) is 2.88. The van der Waals surface area contributed by atoms with E-state index in [0.29, 0.717) is 0 Å². The second-order valence-electron chi connectivity index (χ2n) is 6.17. The van der Waals surface area contributed by atoms with E-state index in [1.807, 2.05) is 12.1 Å². The molecule has 108 valence electrons. The molecule has 3 nitrogen and oxygen atoms in total. The van der Waals surface area contributed by atoms with Crippen LogP contribution in [0.4, 0.5) is 0 Å². The molecule has 1 aromatic heterocycles. The molecule has 2 aromatic rings. The van der Waals surface area contributed by atoms with Crippen LogP contribution in [0.2, 0.25) is 0 Å². The number of benzene rings is 1. The minimum absolute atomic E-state index is 0.0131. The Kier molecular flexibility index (Phi) is 3.57. The minimum atomic E-state index is 0.0131. The van der Waals surface area contributed by atoms with Crippen molar-refractivity contribution in [3.05, 3.63) is 35.6 Å². The van der Waals surface area contributed by atoms with Crippen LogP contribution in [0.1, 0.15) is 44.6 Å². The van der Waals surface area contributed by atoms with E-state index in [1.165, 1.54) is 10.9 Å². The number of ether oxygens (including phenoxy) is 1. The molecule has 1 aromatic carbocycles. The molecule has 1 aliphatic heterocycles. The second kappa shape index (κ2) is 5.23. The summed E-state index contributed by atoms with van der Waals surface area (Å²) in [5.74, 6) is 0.999. The van der Waals surface area contributed by atoms with Crippen molar-refractivity contribution in [1.29, 1.82) is 0 Å². The number of para-hydroxylation sites is 1. The highest BCUT2D eigenvalue weighted by Crippen LogP contribution is 2.33. The third-order valence-corrected chi connectivity index (χ3v) is 4.19. The summed E-state index contributed by atoms with van der Waals surface area (Å²) in [7, 11) is 0. The van der Waals surface area contributed by atoms with Crippen LogP contribution in [0.15, 0.2) is 28.7 Å². The van der Waals surface area contributed by atoms with E-state index in [1.54, 1.807) is 0 Å². The van der Waals surface area contributed by atoms with E-state index >= 15 is 0 Å². The van der Waals surface area contributed by atoms with E-state index < -0.39 is 0 Å². The van der Waals surface area contributed by atoms with Gasteiger partial charge < -0.3 is 14.5 Å². The predicted molar refractivity (Wildman–Crippen MR) is 81.0 cm³/mol. The Balaban J connectivity index is 1.97. The molecule has 1 aliphatic rings. The average Bonchev–Trinajstić information content (AvgIpc) is 2.70. The number of nitrogens with one attached hydrogen (secondary N) is 1. The molecule has 3 rings (SSSR count). The van der Waals surface area contributed by atoms with E-state index in [4.69, 9.17) is 9.15 Å². The Morgan fingerprint density at radius 3 is 2.90 bits per heavy atom. The molecule has 3 heteroatoms. The lowest BCUT2D eigenvalue weighted by atomic mass is 10.0. The molecule has 0 bridgehead atoms. The standard InChI is InChI=1S/C17H23NO2/c1-4-12-13-7-5-6-8-14(13)20-16(12)15-11-18-17(2,3)9-10-19-15/h5-8,15,18H,4,9-11H2,1-3H3. The molecule has 1 saturated heterocycles. The van der Waals surface area contributed by atoms with Gasteiger partial charge in [0.15, 0.2) is 0 Å². The van der Waals surface area contributed by atoms with Crippen molar-refractivity contribution in [3.63, 3.8) is 0 Å². The van der Waals surface area contributed by atoms with Gasteiger partial charge in [-0.3, -0.25) is 0 Å². The Morgan fingerprint density at radius 1 is 1.30 bits per heavy atom. The minimum Gasteiger partial charge on any atom is -0.458 e. The molecule has 20 heavy (non-hydrogen) atoms. The normalized spacial score (nSPS) is 22.9. The number of fused-ring (bicyclic) bond motifs is 1. The summed E-state index contributed by atoms with van der Waals surface area (Å²) in [5, 5.41) is 4.80. The van der Waals surface area contributed by atoms with Gasteiger partial charge in [-0.25, -0.2) is 0 Å². The first-order chi connectivity index (χ1) is 9.61. The van der Waals surface area contributed by atoms with Crippen LogP contribution in [0.3, 0.4) is 0 Å². The molecule has 0 aliphatic carbocycles. The topological polar surface area (TPSA) is 34.4 Å². The van der Waals surface area contributed by atoms with Crippen LogP contribution in [-0.4, -0.2) is 18.7 Å². The first-order valence-electron chi connectivity index (χ1n) is 7.47. The molecule has 0 saturated carbocycles. The summed E-state index contributed by atoms with van der Waals surface area (Å²) in [5.41, 5.74) is 2.38. The molecule has 0 spiro atoms. The van der Waals surface area contributed by atoms with Gasteiger partial charge >= 0.3 is 0 Å². The fraction of sp³-hybridized carbons (Fsp3) is 0.529. The fourth-order valence-electron chi connectivity index (χ4n) is 2.88. The highest BCUT2D eigenvalue weighted by atomic mass is 16.5. The van der Waals surface area contributed by atoms with Crippen LogP contribution in [0.5, 0.6) is 0 Å². The lowest BCUT2D eigenvalue weighted by Gasteiger charge is -2.23. The zero-order chi connectivity index (χ0) is 14.2. The molecule has 0 radical (unpaired) electrons. The maximum atomic E-state index is 6.09. The van der Waals surface area contributed by atoms with Gasteiger partial charge in [-0.15, -0.1) is 0 Å². The zero-order valence-corrected chi connectivity index (χ0v) is 12.5. The molecular weight excluding hydrogens is 250 g/mol. The van der Waals surface area contributed by atoms with Crippen LogP contribution in [0, 0.1) is 0 Å². The molecular formula is C17H23NO2. The molecule has 2 heterocycles. The highest BCUT2D eigenvalue weighted by molar-refractivity contribution is 5.82. The summed E-state index contributed by atoms with van der Waals surface area (Å²) in [4.78, 5) is 0. The van der Waals surface area contributed by atoms with Gasteiger partial charge in [0.1, 0.15) is 17.4 Å². The SMILES string of the molecule is CCc1c(C2CNC(C)(C)CCO2)oc2ccccc12. The van der Waals surface area contributed by atoms with Gasteiger partial charge in [-0.2, -0.15) is 0 Å². The largest absolute Gasteiger partial charge is 0.458 e. The maximum Gasteiger partial charge on any atom is 0.138 e. The monoisotopic (exact) mass is 273 g/mol. The van der Waals surface area contributed by atoms with Crippen LogP contribution in [-0.2, 0) is 11.2 Å². The van der Waals surface area contributed by atoms with E-state index in [0.717, 1.165) is 37.3 Å². The van der Waals surface area contributed by atoms with Crippen LogP contribution >= 0.6 is 0 Å². The molecule has 1 unspecified atom stereocenters. The third-order valence-electron chi connectivity index (χ3n) is 4.19. The molecule has 1 fully saturated rings. The summed E-state index contributed by atoms with van der Waals surface area (Å²) in [6, 6.07) is 8.25.